The number of aliphatic hydroxyl groups excluding tert-OH is 2. The smallest absolute Gasteiger partial charge is 0.335 e. The predicted molar refractivity (Wildman–Crippen MR) is 118 cm³/mol. The molecule has 35 heavy (non-hydrogen) atoms. The van der Waals surface area contributed by atoms with Crippen LogP contribution in [0.25, 0.3) is 0 Å². The third-order valence-electron chi connectivity index (χ3n) is 10.9. The van der Waals surface area contributed by atoms with E-state index in [1.54, 1.807) is 26.0 Å². The summed E-state index contributed by atoms with van der Waals surface area (Å²) in [5.74, 6) is -3.07. The molecule has 4 heterocycles. The molecule has 190 valence electrons. The zero-order chi connectivity index (χ0) is 24.6. The first kappa shape index (κ1) is 22.6. The molecule has 1 aromatic heterocycles. The number of aliphatic hydroxyl groups is 3. The van der Waals surface area contributed by atoms with Gasteiger partial charge in [0.2, 0.25) is 0 Å². The summed E-state index contributed by atoms with van der Waals surface area (Å²) in [6, 6.07) is 4.56. The van der Waals surface area contributed by atoms with E-state index in [1.807, 2.05) is 0 Å². The molecule has 0 amide bonds. The number of fused-ring (bicyclic) bond motifs is 3. The normalized spacial score (nSPS) is 56.0. The summed E-state index contributed by atoms with van der Waals surface area (Å²) in [5, 5.41) is 35.1. The Bertz CT molecular complexity index is 1170. The minimum atomic E-state index is -1.44. The summed E-state index contributed by atoms with van der Waals surface area (Å²) in [6.07, 6.45) is 0.999. The molecule has 9 heteroatoms. The van der Waals surface area contributed by atoms with Crippen molar-refractivity contribution in [1.29, 1.82) is 0 Å². The van der Waals surface area contributed by atoms with Gasteiger partial charge in [0.25, 0.3) is 5.97 Å². The zero-order valence-corrected chi connectivity index (χ0v) is 19.9. The van der Waals surface area contributed by atoms with Crippen LogP contribution in [0.4, 0.5) is 0 Å². The van der Waals surface area contributed by atoms with Crippen molar-refractivity contribution in [1.82, 2.24) is 0 Å². The standard InChI is InChI=1S/C26H32O9/c1-22-14(16-4-3-5-18(28)32-16)7-9-26(22,31)15-6-8-24-11-13-10-17(34-23(2,33-13)35-24)25(24,12-27)19(15)20(29)21(22)30/h3-5,13-15,17,19-20,27,29,31H,6-12H2,1-2H3/t13-,14+,15+,17+,19?,20?,22-,23?,24-,25+,26-/m0/s1. The highest BCUT2D eigenvalue weighted by molar-refractivity contribution is 5.93. The number of hydrogen-bond acceptors (Lipinski definition) is 9. The second-order valence-corrected chi connectivity index (χ2v) is 12.0. The average molecular weight is 489 g/mol. The molecule has 7 aliphatic rings. The van der Waals surface area contributed by atoms with Crippen molar-refractivity contribution < 1.29 is 38.7 Å². The molecule has 9 nitrogen and oxygen atoms in total. The third kappa shape index (κ3) is 2.37. The third-order valence-corrected chi connectivity index (χ3v) is 10.9. The molecule has 0 aromatic carbocycles. The fourth-order valence-corrected chi connectivity index (χ4v) is 9.64. The van der Waals surface area contributed by atoms with Gasteiger partial charge in [0, 0.05) is 37.7 Å². The molecule has 3 unspecified atom stereocenters. The molecule has 3 aliphatic heterocycles. The molecule has 4 aliphatic carbocycles. The molecular weight excluding hydrogens is 456 g/mol. The van der Waals surface area contributed by atoms with Crippen LogP contribution >= 0.6 is 0 Å². The lowest BCUT2D eigenvalue weighted by molar-refractivity contribution is -0.553. The quantitative estimate of drug-likeness (QED) is 0.561. The van der Waals surface area contributed by atoms with E-state index in [4.69, 9.17) is 18.6 Å². The molecule has 4 saturated carbocycles. The van der Waals surface area contributed by atoms with E-state index in [0.717, 1.165) is 0 Å². The molecule has 7 fully saturated rings. The molecular formula is C26H32O9. The van der Waals surface area contributed by atoms with E-state index in [0.29, 0.717) is 44.3 Å². The average Bonchev–Trinajstić information content (AvgIpc) is 3.08. The van der Waals surface area contributed by atoms with Crippen molar-refractivity contribution in [2.24, 2.45) is 22.7 Å². The summed E-state index contributed by atoms with van der Waals surface area (Å²) in [7, 11) is 0. The summed E-state index contributed by atoms with van der Waals surface area (Å²) >= 11 is 0. The number of rotatable bonds is 2. The number of ketones is 1. The van der Waals surface area contributed by atoms with Gasteiger partial charge in [-0.2, -0.15) is 0 Å². The Labute approximate surface area is 202 Å². The minimum absolute atomic E-state index is 0.0784. The van der Waals surface area contributed by atoms with Gasteiger partial charge in [-0.25, -0.2) is 4.79 Å². The van der Waals surface area contributed by atoms with E-state index in [2.05, 4.69) is 0 Å². The van der Waals surface area contributed by atoms with Crippen LogP contribution in [0.5, 0.6) is 0 Å². The van der Waals surface area contributed by atoms with Gasteiger partial charge in [0.05, 0.1) is 40.8 Å². The second kappa shape index (κ2) is 6.62. The van der Waals surface area contributed by atoms with Crippen molar-refractivity contribution in [3.05, 3.63) is 34.4 Å². The number of carbonyl (C=O) groups excluding carboxylic acids is 1. The molecule has 8 rings (SSSR count). The number of hydrogen-bond donors (Lipinski definition) is 3. The van der Waals surface area contributed by atoms with Crippen molar-refractivity contribution in [3.63, 3.8) is 0 Å². The van der Waals surface area contributed by atoms with E-state index < -0.39 is 69.4 Å². The predicted octanol–water partition coefficient (Wildman–Crippen LogP) is 1.22. The summed E-state index contributed by atoms with van der Waals surface area (Å²) in [4.78, 5) is 26.1. The van der Waals surface area contributed by atoms with Crippen LogP contribution in [0.3, 0.4) is 0 Å². The van der Waals surface area contributed by atoms with Crippen LogP contribution in [-0.4, -0.2) is 63.2 Å². The van der Waals surface area contributed by atoms with Gasteiger partial charge in [0.15, 0.2) is 5.78 Å². The van der Waals surface area contributed by atoms with Crippen molar-refractivity contribution in [2.45, 2.75) is 93.8 Å². The zero-order valence-electron chi connectivity index (χ0n) is 19.9. The van der Waals surface area contributed by atoms with Gasteiger partial charge in [-0.1, -0.05) is 6.07 Å². The van der Waals surface area contributed by atoms with Crippen LogP contribution < -0.4 is 5.63 Å². The first-order valence-corrected chi connectivity index (χ1v) is 12.8. The fourth-order valence-electron chi connectivity index (χ4n) is 9.64. The van der Waals surface area contributed by atoms with Crippen molar-refractivity contribution in [3.8, 4) is 0 Å². The summed E-state index contributed by atoms with van der Waals surface area (Å²) < 4.78 is 24.1. The Kier molecular flexibility index (Phi) is 4.27. The highest BCUT2D eigenvalue weighted by atomic mass is 16.9. The van der Waals surface area contributed by atoms with Crippen molar-refractivity contribution in [2.75, 3.05) is 6.61 Å². The molecule has 1 aromatic rings. The van der Waals surface area contributed by atoms with Gasteiger partial charge < -0.3 is 33.9 Å². The Balaban J connectivity index is 1.37. The van der Waals surface area contributed by atoms with E-state index in [1.165, 1.54) is 6.07 Å². The van der Waals surface area contributed by atoms with Crippen LogP contribution in [0.15, 0.2) is 27.4 Å². The maximum Gasteiger partial charge on any atom is 0.335 e. The molecule has 1 spiro atoms. The molecule has 4 bridgehead atoms. The van der Waals surface area contributed by atoms with Gasteiger partial charge in [0.1, 0.15) is 11.9 Å². The second-order valence-electron chi connectivity index (χ2n) is 12.0. The first-order chi connectivity index (χ1) is 16.5. The lowest BCUT2D eigenvalue weighted by atomic mass is 9.39. The number of ether oxygens (including phenoxy) is 3. The molecule has 3 saturated heterocycles. The monoisotopic (exact) mass is 488 g/mol. The fraction of sp³-hybridized carbons (Fsp3) is 0.769. The van der Waals surface area contributed by atoms with Crippen LogP contribution in [0.1, 0.15) is 64.1 Å². The lowest BCUT2D eigenvalue weighted by Crippen LogP contribution is -2.83. The molecule has 11 atom stereocenters. The highest BCUT2D eigenvalue weighted by Crippen LogP contribution is 2.73. The number of Topliss-reactive ketones (excluding diaryl/α,β-unsaturated/α-hetero) is 1. The SMILES string of the molecule is CC12O[C@H]3C[C@@H](O1)[C@]1(CO)C4C(O)C(=O)[C@]5(C)[C@@H](c6cccc(=O)o6)CC[C@]5(O)[C@@H]4CC[C@@]1(C3)O2. The van der Waals surface area contributed by atoms with Crippen LogP contribution in [0, 0.1) is 22.7 Å². The van der Waals surface area contributed by atoms with E-state index in [-0.39, 0.29) is 12.7 Å². The topological polar surface area (TPSA) is 136 Å². The van der Waals surface area contributed by atoms with Gasteiger partial charge >= 0.3 is 5.63 Å². The van der Waals surface area contributed by atoms with Gasteiger partial charge in [-0.15, -0.1) is 0 Å². The van der Waals surface area contributed by atoms with E-state index in [9.17, 15) is 24.9 Å². The number of carbonyl (C=O) groups is 1. The Hall–Kier alpha value is -1.62. The van der Waals surface area contributed by atoms with Gasteiger partial charge in [-0.05, 0) is 44.6 Å². The largest absolute Gasteiger partial charge is 0.428 e. The summed E-state index contributed by atoms with van der Waals surface area (Å²) in [5.41, 5.74) is -5.14. The van der Waals surface area contributed by atoms with Crippen molar-refractivity contribution >= 4 is 5.78 Å². The van der Waals surface area contributed by atoms with Crippen LogP contribution in [-0.2, 0) is 19.0 Å². The highest BCUT2D eigenvalue weighted by Gasteiger charge is 2.82. The first-order valence-electron chi connectivity index (χ1n) is 12.8. The minimum Gasteiger partial charge on any atom is -0.428 e. The van der Waals surface area contributed by atoms with Gasteiger partial charge in [-0.3, -0.25) is 4.79 Å². The summed E-state index contributed by atoms with van der Waals surface area (Å²) in [6.45, 7) is 3.12. The Morgan fingerprint density at radius 3 is 2.63 bits per heavy atom. The molecule has 3 N–H and O–H groups in total. The molecule has 0 radical (unpaired) electrons. The Morgan fingerprint density at radius 2 is 1.91 bits per heavy atom. The van der Waals surface area contributed by atoms with E-state index >= 15 is 0 Å². The maximum absolute atomic E-state index is 14.1. The Morgan fingerprint density at radius 1 is 1.11 bits per heavy atom. The lowest BCUT2D eigenvalue weighted by Gasteiger charge is -2.74. The van der Waals surface area contributed by atoms with Crippen LogP contribution in [0.2, 0.25) is 0 Å². The maximum atomic E-state index is 14.1.